The molecular weight excluding hydrogens is 354 g/mol. The van der Waals surface area contributed by atoms with Gasteiger partial charge in [-0.2, -0.15) is 8.78 Å². The molecule has 1 atom stereocenters. The van der Waals surface area contributed by atoms with Crippen LogP contribution in [-0.2, 0) is 0 Å². The minimum absolute atomic E-state index is 0. The Hall–Kier alpha value is -1.61. The lowest BCUT2D eigenvalue weighted by atomic mass is 10.1. The van der Waals surface area contributed by atoms with E-state index < -0.39 is 19.0 Å². The first-order valence-electron chi connectivity index (χ1n) is 7.07. The number of carbonyl (C=O) groups excluding carboxylic acids is 1. The summed E-state index contributed by atoms with van der Waals surface area (Å²) in [7, 11) is 0. The molecule has 0 spiro atoms. The second-order valence-corrected chi connectivity index (χ2v) is 5.38. The second kappa shape index (κ2) is 8.48. The Morgan fingerprint density at radius 1 is 1.46 bits per heavy atom. The molecule has 0 aromatic carbocycles. The number of halogens is 5. The number of nitrogens with two attached hydrogens (primary N) is 1. The number of carbonyl (C=O) groups is 1. The average molecular weight is 372 g/mol. The van der Waals surface area contributed by atoms with Gasteiger partial charge in [-0.25, -0.2) is 13.8 Å². The van der Waals surface area contributed by atoms with Gasteiger partial charge in [0.15, 0.2) is 6.61 Å². The van der Waals surface area contributed by atoms with E-state index >= 15 is 0 Å². The first kappa shape index (κ1) is 20.4. The number of pyridine rings is 1. The van der Waals surface area contributed by atoms with Crippen LogP contribution in [-0.4, -0.2) is 54.4 Å². The van der Waals surface area contributed by atoms with E-state index in [2.05, 4.69) is 9.72 Å². The fourth-order valence-corrected chi connectivity index (χ4v) is 2.22. The fraction of sp³-hybridized carbons (Fsp3) is 0.571. The van der Waals surface area contributed by atoms with Crippen LogP contribution in [0.3, 0.4) is 0 Å². The van der Waals surface area contributed by atoms with Gasteiger partial charge in [0, 0.05) is 25.4 Å². The fourth-order valence-electron chi connectivity index (χ4n) is 2.22. The molecule has 2 rings (SSSR count). The molecule has 1 aromatic heterocycles. The summed E-state index contributed by atoms with van der Waals surface area (Å²) in [5.74, 6) is -4.46. The predicted molar refractivity (Wildman–Crippen MR) is 81.0 cm³/mol. The smallest absolute Gasteiger partial charge is 0.340 e. The Balaban J connectivity index is 0.00000288. The van der Waals surface area contributed by atoms with Gasteiger partial charge in [-0.15, -0.1) is 12.4 Å². The molecule has 1 fully saturated rings. The third kappa shape index (κ3) is 4.94. The van der Waals surface area contributed by atoms with Crippen LogP contribution >= 0.6 is 12.4 Å². The van der Waals surface area contributed by atoms with Crippen molar-refractivity contribution in [3.8, 4) is 5.88 Å². The molecule has 0 bridgehead atoms. The Morgan fingerprint density at radius 3 is 2.67 bits per heavy atom. The number of aromatic nitrogens is 1. The quantitative estimate of drug-likeness (QED) is 0.778. The van der Waals surface area contributed by atoms with Crippen molar-refractivity contribution in [3.05, 3.63) is 23.9 Å². The molecule has 136 valence electrons. The van der Waals surface area contributed by atoms with Gasteiger partial charge in [-0.1, -0.05) is 0 Å². The van der Waals surface area contributed by atoms with E-state index in [-0.39, 0.29) is 35.7 Å². The van der Waals surface area contributed by atoms with Crippen LogP contribution < -0.4 is 10.5 Å². The van der Waals surface area contributed by atoms with E-state index in [4.69, 9.17) is 5.73 Å². The SMILES string of the molecule is Cl.NCC1CCN(C(=O)c2ccc(OCC(F)(F)C(F)F)nc2)C1. The van der Waals surface area contributed by atoms with Crippen LogP contribution in [0.5, 0.6) is 5.88 Å². The molecule has 1 saturated heterocycles. The number of hydrogen-bond donors (Lipinski definition) is 1. The van der Waals surface area contributed by atoms with E-state index in [0.717, 1.165) is 6.42 Å². The summed E-state index contributed by atoms with van der Waals surface area (Å²) in [6.07, 6.45) is -1.80. The zero-order valence-electron chi connectivity index (χ0n) is 12.6. The Labute approximate surface area is 142 Å². The van der Waals surface area contributed by atoms with E-state index in [9.17, 15) is 22.4 Å². The number of nitrogens with zero attached hydrogens (tertiary/aromatic N) is 2. The maximum Gasteiger partial charge on any atom is 0.340 e. The molecule has 0 radical (unpaired) electrons. The van der Waals surface area contributed by atoms with Crippen molar-refractivity contribution in [2.75, 3.05) is 26.2 Å². The molecule has 1 aliphatic heterocycles. The topological polar surface area (TPSA) is 68.5 Å². The Bertz CT molecular complexity index is 545. The molecule has 10 heteroatoms. The molecule has 0 aliphatic carbocycles. The summed E-state index contributed by atoms with van der Waals surface area (Å²) >= 11 is 0. The van der Waals surface area contributed by atoms with E-state index in [1.807, 2.05) is 0 Å². The van der Waals surface area contributed by atoms with Crippen molar-refractivity contribution < 1.29 is 27.1 Å². The zero-order chi connectivity index (χ0) is 17.0. The first-order chi connectivity index (χ1) is 10.8. The van der Waals surface area contributed by atoms with Gasteiger partial charge < -0.3 is 15.4 Å². The maximum atomic E-state index is 12.7. The van der Waals surface area contributed by atoms with Crippen LogP contribution in [0.25, 0.3) is 0 Å². The highest BCUT2D eigenvalue weighted by Gasteiger charge is 2.41. The van der Waals surface area contributed by atoms with Gasteiger partial charge in [-0.05, 0) is 24.9 Å². The number of likely N-dealkylation sites (tertiary alicyclic amines) is 1. The van der Waals surface area contributed by atoms with Crippen molar-refractivity contribution in [2.45, 2.75) is 18.8 Å². The average Bonchev–Trinajstić information content (AvgIpc) is 3.01. The summed E-state index contributed by atoms with van der Waals surface area (Å²) in [6, 6.07) is 2.56. The Kier molecular flexibility index (Phi) is 7.22. The van der Waals surface area contributed by atoms with Crippen molar-refractivity contribution in [2.24, 2.45) is 11.7 Å². The summed E-state index contributed by atoms with van der Waals surface area (Å²) in [4.78, 5) is 17.6. The summed E-state index contributed by atoms with van der Waals surface area (Å²) in [5.41, 5.74) is 5.84. The van der Waals surface area contributed by atoms with E-state index in [1.165, 1.54) is 18.3 Å². The summed E-state index contributed by atoms with van der Waals surface area (Å²) in [5, 5.41) is 0. The summed E-state index contributed by atoms with van der Waals surface area (Å²) < 4.78 is 54.0. The van der Waals surface area contributed by atoms with E-state index in [0.29, 0.717) is 19.6 Å². The highest BCUT2D eigenvalue weighted by Crippen LogP contribution is 2.24. The van der Waals surface area contributed by atoms with Gasteiger partial charge in [0.1, 0.15) is 0 Å². The normalized spacial score (nSPS) is 17.8. The van der Waals surface area contributed by atoms with Crippen LogP contribution in [0, 0.1) is 5.92 Å². The lowest BCUT2D eigenvalue weighted by Crippen LogP contribution is -2.34. The zero-order valence-corrected chi connectivity index (χ0v) is 13.4. The van der Waals surface area contributed by atoms with Crippen molar-refractivity contribution in [1.29, 1.82) is 0 Å². The van der Waals surface area contributed by atoms with Crippen LogP contribution in [0.2, 0.25) is 0 Å². The monoisotopic (exact) mass is 371 g/mol. The molecule has 0 saturated carbocycles. The van der Waals surface area contributed by atoms with E-state index in [1.54, 1.807) is 4.90 Å². The molecule has 1 unspecified atom stereocenters. The minimum atomic E-state index is -4.25. The molecular formula is C14H18ClF4N3O2. The van der Waals surface area contributed by atoms with Gasteiger partial charge in [0.25, 0.3) is 5.91 Å². The second-order valence-electron chi connectivity index (χ2n) is 5.38. The molecule has 24 heavy (non-hydrogen) atoms. The number of amides is 1. The number of ether oxygens (including phenoxy) is 1. The van der Waals surface area contributed by atoms with Crippen molar-refractivity contribution >= 4 is 18.3 Å². The molecule has 1 amide bonds. The van der Waals surface area contributed by atoms with Gasteiger partial charge in [0.2, 0.25) is 5.88 Å². The highest BCUT2D eigenvalue weighted by atomic mass is 35.5. The number of hydrogen-bond acceptors (Lipinski definition) is 4. The van der Waals surface area contributed by atoms with Crippen molar-refractivity contribution in [3.63, 3.8) is 0 Å². The van der Waals surface area contributed by atoms with Crippen LogP contribution in [0.4, 0.5) is 17.6 Å². The van der Waals surface area contributed by atoms with Gasteiger partial charge in [-0.3, -0.25) is 4.79 Å². The van der Waals surface area contributed by atoms with Crippen molar-refractivity contribution in [1.82, 2.24) is 9.88 Å². The number of alkyl halides is 4. The van der Waals surface area contributed by atoms with Crippen LogP contribution in [0.15, 0.2) is 18.3 Å². The summed E-state index contributed by atoms with van der Waals surface area (Å²) in [6.45, 7) is 0.191. The predicted octanol–water partition coefficient (Wildman–Crippen LogP) is 2.20. The number of rotatable bonds is 6. The van der Waals surface area contributed by atoms with Gasteiger partial charge in [0.05, 0.1) is 5.56 Å². The molecule has 2 heterocycles. The molecule has 2 N–H and O–H groups in total. The Morgan fingerprint density at radius 2 is 2.17 bits per heavy atom. The molecule has 1 aliphatic rings. The largest absolute Gasteiger partial charge is 0.471 e. The van der Waals surface area contributed by atoms with Gasteiger partial charge >= 0.3 is 12.3 Å². The first-order valence-corrected chi connectivity index (χ1v) is 7.07. The molecule has 1 aromatic rings. The third-order valence-corrected chi connectivity index (χ3v) is 3.62. The van der Waals surface area contributed by atoms with Crippen LogP contribution in [0.1, 0.15) is 16.8 Å². The standard InChI is InChI=1S/C14H17F4N3O2.ClH/c15-13(16)14(17,18)8-23-11-2-1-10(6-20-11)12(22)21-4-3-9(5-19)7-21;/h1-2,6,9,13H,3-5,7-8,19H2;1H. The highest BCUT2D eigenvalue weighted by molar-refractivity contribution is 5.94. The third-order valence-electron chi connectivity index (χ3n) is 3.62. The maximum absolute atomic E-state index is 12.7. The minimum Gasteiger partial charge on any atom is -0.471 e. The molecule has 5 nitrogen and oxygen atoms in total. The lowest BCUT2D eigenvalue weighted by Gasteiger charge is -2.17. The lowest BCUT2D eigenvalue weighted by molar-refractivity contribution is -0.148.